The maximum Gasteiger partial charge on any atom is 0.257 e. The Morgan fingerprint density at radius 3 is 3.04 bits per heavy atom. The van der Waals surface area contributed by atoms with Crippen LogP contribution in [0.2, 0.25) is 0 Å². The molecule has 25 heavy (non-hydrogen) atoms. The first kappa shape index (κ1) is 15.6. The molecule has 6 nitrogen and oxygen atoms in total. The van der Waals surface area contributed by atoms with Gasteiger partial charge in [-0.1, -0.05) is 17.4 Å². The van der Waals surface area contributed by atoms with Crippen LogP contribution < -0.4 is 10.1 Å². The zero-order chi connectivity index (χ0) is 17.4. The molecule has 0 saturated carbocycles. The molecule has 7 heteroatoms. The van der Waals surface area contributed by atoms with E-state index in [2.05, 4.69) is 15.3 Å². The molecule has 2 heterocycles. The first-order chi connectivity index (χ1) is 12.2. The normalized spacial score (nSPS) is 11.1. The van der Waals surface area contributed by atoms with E-state index in [1.807, 2.05) is 42.8 Å². The number of amides is 1. The van der Waals surface area contributed by atoms with Gasteiger partial charge in [0.15, 0.2) is 5.13 Å². The van der Waals surface area contributed by atoms with Crippen LogP contribution in [0, 0.1) is 0 Å². The number of para-hydroxylation sites is 1. The Morgan fingerprint density at radius 2 is 2.20 bits per heavy atom. The molecule has 1 amide bonds. The maximum atomic E-state index is 12.5. The van der Waals surface area contributed by atoms with Crippen LogP contribution in [0.5, 0.6) is 5.75 Å². The van der Waals surface area contributed by atoms with Crippen molar-refractivity contribution in [2.24, 2.45) is 7.05 Å². The topological polar surface area (TPSA) is 69.0 Å². The van der Waals surface area contributed by atoms with Crippen molar-refractivity contribution in [3.8, 4) is 5.75 Å². The number of nitrogens with zero attached hydrogens (tertiary/aromatic N) is 3. The van der Waals surface area contributed by atoms with Crippen LogP contribution in [0.4, 0.5) is 5.13 Å². The summed E-state index contributed by atoms with van der Waals surface area (Å²) in [6.07, 6.45) is 1.73. The van der Waals surface area contributed by atoms with Gasteiger partial charge < -0.3 is 9.30 Å². The van der Waals surface area contributed by atoms with Gasteiger partial charge in [0, 0.05) is 12.6 Å². The Bertz CT molecular complexity index is 1080. The summed E-state index contributed by atoms with van der Waals surface area (Å²) in [7, 11) is 1.92. The lowest BCUT2D eigenvalue weighted by Crippen LogP contribution is -2.11. The molecule has 0 atom stereocenters. The van der Waals surface area contributed by atoms with Crippen LogP contribution in [0.25, 0.3) is 21.3 Å². The fraction of sp³-hybridized carbons (Fsp3) is 0.167. The molecule has 0 unspecified atom stereocenters. The summed E-state index contributed by atoms with van der Waals surface area (Å²) >= 11 is 1.43. The lowest BCUT2D eigenvalue weighted by atomic mass is 10.2. The van der Waals surface area contributed by atoms with E-state index in [0.717, 1.165) is 27.0 Å². The molecule has 0 fully saturated rings. The van der Waals surface area contributed by atoms with Crippen LogP contribution in [0.1, 0.15) is 17.3 Å². The van der Waals surface area contributed by atoms with Crippen LogP contribution in [-0.2, 0) is 7.05 Å². The molecule has 0 bridgehead atoms. The van der Waals surface area contributed by atoms with E-state index >= 15 is 0 Å². The Balaban J connectivity index is 1.63. The zero-order valence-corrected chi connectivity index (χ0v) is 14.6. The number of aryl methyl sites for hydroxylation is 1. The molecule has 4 rings (SSSR count). The molecule has 2 aromatic carbocycles. The highest BCUT2D eigenvalue weighted by Crippen LogP contribution is 2.32. The van der Waals surface area contributed by atoms with E-state index in [9.17, 15) is 4.79 Å². The van der Waals surface area contributed by atoms with Crippen LogP contribution in [-0.4, -0.2) is 27.0 Å². The number of carbonyl (C=O) groups is 1. The third-order valence-corrected chi connectivity index (χ3v) is 4.83. The number of thiazole rings is 1. The first-order valence-electron chi connectivity index (χ1n) is 7.90. The van der Waals surface area contributed by atoms with Gasteiger partial charge >= 0.3 is 0 Å². The second-order valence-corrected chi connectivity index (χ2v) is 6.60. The number of fused-ring (bicyclic) bond motifs is 2. The van der Waals surface area contributed by atoms with Crippen LogP contribution >= 0.6 is 11.3 Å². The van der Waals surface area contributed by atoms with Crippen molar-refractivity contribution in [2.45, 2.75) is 6.92 Å². The average Bonchev–Trinajstić information content (AvgIpc) is 3.19. The van der Waals surface area contributed by atoms with Crippen LogP contribution in [0.15, 0.2) is 42.7 Å². The zero-order valence-electron chi connectivity index (χ0n) is 13.8. The molecule has 126 valence electrons. The summed E-state index contributed by atoms with van der Waals surface area (Å²) < 4.78 is 8.48. The third kappa shape index (κ3) is 2.83. The monoisotopic (exact) mass is 352 g/mol. The number of aromatic nitrogens is 3. The predicted molar refractivity (Wildman–Crippen MR) is 99.5 cm³/mol. The lowest BCUT2D eigenvalue weighted by Gasteiger charge is -2.03. The van der Waals surface area contributed by atoms with Gasteiger partial charge in [-0.3, -0.25) is 10.1 Å². The first-order valence-corrected chi connectivity index (χ1v) is 8.72. The van der Waals surface area contributed by atoms with Gasteiger partial charge in [0.1, 0.15) is 11.3 Å². The second-order valence-electron chi connectivity index (χ2n) is 5.57. The van der Waals surface area contributed by atoms with Gasteiger partial charge in [-0.2, -0.15) is 0 Å². The molecule has 2 aromatic heterocycles. The number of imidazole rings is 1. The number of nitrogens with one attached hydrogen (secondary N) is 1. The molecule has 0 saturated heterocycles. The molecule has 0 aliphatic heterocycles. The Labute approximate surface area is 148 Å². The Kier molecular flexibility index (Phi) is 3.85. The van der Waals surface area contributed by atoms with E-state index < -0.39 is 0 Å². The number of anilines is 1. The van der Waals surface area contributed by atoms with Gasteiger partial charge in [0.2, 0.25) is 0 Å². The van der Waals surface area contributed by atoms with Crippen molar-refractivity contribution < 1.29 is 9.53 Å². The van der Waals surface area contributed by atoms with Gasteiger partial charge in [-0.25, -0.2) is 9.97 Å². The molecular formula is C18H16N4O2S. The summed E-state index contributed by atoms with van der Waals surface area (Å²) in [5.41, 5.74) is 3.09. The molecule has 0 radical (unpaired) electrons. The molecule has 0 spiro atoms. The average molecular weight is 352 g/mol. The predicted octanol–water partition coefficient (Wildman–Crippen LogP) is 3.83. The minimum absolute atomic E-state index is 0.204. The van der Waals surface area contributed by atoms with Crippen molar-refractivity contribution >= 4 is 43.6 Å². The third-order valence-electron chi connectivity index (χ3n) is 3.89. The van der Waals surface area contributed by atoms with E-state index in [4.69, 9.17) is 4.74 Å². The Morgan fingerprint density at radius 1 is 1.32 bits per heavy atom. The summed E-state index contributed by atoms with van der Waals surface area (Å²) in [6.45, 7) is 2.50. The largest absolute Gasteiger partial charge is 0.492 e. The van der Waals surface area contributed by atoms with E-state index in [0.29, 0.717) is 17.3 Å². The fourth-order valence-electron chi connectivity index (χ4n) is 2.70. The highest BCUT2D eigenvalue weighted by Gasteiger charge is 2.13. The van der Waals surface area contributed by atoms with Crippen LogP contribution in [0.3, 0.4) is 0 Å². The van der Waals surface area contributed by atoms with E-state index in [1.54, 1.807) is 18.5 Å². The summed E-state index contributed by atoms with van der Waals surface area (Å²) in [4.78, 5) is 21.3. The number of hydrogen-bond donors (Lipinski definition) is 1. The van der Waals surface area contributed by atoms with Crippen molar-refractivity contribution in [3.05, 3.63) is 48.3 Å². The van der Waals surface area contributed by atoms with Gasteiger partial charge in [0.05, 0.1) is 28.7 Å². The molecule has 1 N–H and O–H groups in total. The quantitative estimate of drug-likeness (QED) is 0.606. The van der Waals surface area contributed by atoms with E-state index in [-0.39, 0.29) is 5.91 Å². The Hall–Kier alpha value is -2.93. The minimum atomic E-state index is -0.204. The number of carbonyl (C=O) groups excluding carboxylic acids is 1. The smallest absolute Gasteiger partial charge is 0.257 e. The number of rotatable bonds is 4. The van der Waals surface area contributed by atoms with Crippen molar-refractivity contribution in [1.82, 2.24) is 14.5 Å². The maximum absolute atomic E-state index is 12.5. The van der Waals surface area contributed by atoms with Gasteiger partial charge in [0.25, 0.3) is 5.91 Å². The van der Waals surface area contributed by atoms with Crippen molar-refractivity contribution in [2.75, 3.05) is 11.9 Å². The van der Waals surface area contributed by atoms with Gasteiger partial charge in [-0.15, -0.1) is 0 Å². The molecule has 4 aromatic rings. The number of ether oxygens (including phenoxy) is 1. The lowest BCUT2D eigenvalue weighted by molar-refractivity contribution is 0.102. The van der Waals surface area contributed by atoms with Crippen molar-refractivity contribution in [1.29, 1.82) is 0 Å². The number of benzene rings is 2. The summed E-state index contributed by atoms with van der Waals surface area (Å²) in [5.74, 6) is 0.524. The summed E-state index contributed by atoms with van der Waals surface area (Å²) in [6, 6.07) is 11.2. The minimum Gasteiger partial charge on any atom is -0.492 e. The standard InChI is InChI=1S/C18H16N4O2S/c1-3-24-14-5-4-6-15-16(14)20-18(25-15)21-17(23)11-7-8-13-12(9-11)19-10-22(13)2/h4-10H,3H2,1-2H3,(H,20,21,23). The second kappa shape index (κ2) is 6.18. The number of hydrogen-bond acceptors (Lipinski definition) is 5. The summed E-state index contributed by atoms with van der Waals surface area (Å²) in [5, 5.41) is 3.42. The molecule has 0 aliphatic rings. The van der Waals surface area contributed by atoms with Crippen molar-refractivity contribution in [3.63, 3.8) is 0 Å². The highest BCUT2D eigenvalue weighted by atomic mass is 32.1. The SMILES string of the molecule is CCOc1cccc2sc(NC(=O)c3ccc4c(c3)ncn4C)nc12. The molecular weight excluding hydrogens is 336 g/mol. The molecule has 0 aliphatic carbocycles. The van der Waals surface area contributed by atoms with E-state index in [1.165, 1.54) is 11.3 Å². The highest BCUT2D eigenvalue weighted by molar-refractivity contribution is 7.22. The van der Waals surface area contributed by atoms with Gasteiger partial charge in [-0.05, 0) is 37.3 Å². The fourth-order valence-corrected chi connectivity index (χ4v) is 3.57.